The summed E-state index contributed by atoms with van der Waals surface area (Å²) < 4.78 is 5.82. The number of nitrogens with zero attached hydrogens (tertiary/aromatic N) is 1. The third-order valence-electron chi connectivity index (χ3n) is 5.12. The Morgan fingerprint density at radius 2 is 1.69 bits per heavy atom. The first kappa shape index (κ1) is 21.7. The van der Waals surface area contributed by atoms with Crippen LogP contribution in [0.4, 0.5) is 5.69 Å². The summed E-state index contributed by atoms with van der Waals surface area (Å²) in [4.78, 5) is 27.7. The van der Waals surface area contributed by atoms with Crippen molar-refractivity contribution in [2.45, 2.75) is 26.0 Å². The number of amides is 1. The highest BCUT2D eigenvalue weighted by molar-refractivity contribution is 6.51. The Morgan fingerprint density at radius 1 is 0.969 bits per heavy atom. The second-order valence-electron chi connectivity index (χ2n) is 7.75. The molecule has 1 heterocycles. The van der Waals surface area contributed by atoms with E-state index in [1.165, 1.54) is 4.90 Å². The van der Waals surface area contributed by atoms with Crippen molar-refractivity contribution in [2.75, 3.05) is 4.90 Å². The van der Waals surface area contributed by atoms with Crippen LogP contribution in [0.1, 0.15) is 31.0 Å². The molecule has 0 aromatic heterocycles. The second kappa shape index (κ2) is 8.89. The molecule has 6 heteroatoms. The van der Waals surface area contributed by atoms with Crippen molar-refractivity contribution in [3.8, 4) is 5.75 Å². The van der Waals surface area contributed by atoms with Gasteiger partial charge in [-0.3, -0.25) is 14.5 Å². The minimum atomic E-state index is -0.827. The molecule has 1 atom stereocenters. The van der Waals surface area contributed by atoms with Crippen molar-refractivity contribution in [2.24, 2.45) is 0 Å². The number of Topliss-reactive ketones (excluding diaryl/α,β-unsaturated/α-hetero) is 1. The second-order valence-corrected chi connectivity index (χ2v) is 8.19. The highest BCUT2D eigenvalue weighted by Gasteiger charge is 2.47. The number of rotatable bonds is 5. The highest BCUT2D eigenvalue weighted by atomic mass is 35.5. The van der Waals surface area contributed by atoms with Gasteiger partial charge in [0.15, 0.2) is 0 Å². The molecule has 162 valence electrons. The van der Waals surface area contributed by atoms with Crippen LogP contribution in [0.2, 0.25) is 5.02 Å². The first-order chi connectivity index (χ1) is 15.4. The standard InChI is InChI=1S/C26H22ClNO4/c1-16(2)32-21-13-7-8-17(15-21)23-22(24(29)18-9-6-10-19(27)14-18)25(30)26(31)28(23)20-11-4-3-5-12-20/h3-16,23,29H,1-2H3/b24-22-. The van der Waals surface area contributed by atoms with Crippen molar-refractivity contribution in [3.63, 3.8) is 0 Å². The predicted molar refractivity (Wildman–Crippen MR) is 125 cm³/mol. The summed E-state index contributed by atoms with van der Waals surface area (Å²) in [6, 6.07) is 21.9. The molecule has 0 spiro atoms. The van der Waals surface area contributed by atoms with Gasteiger partial charge in [-0.1, -0.05) is 54.1 Å². The number of anilines is 1. The number of carbonyl (C=O) groups is 2. The summed E-state index contributed by atoms with van der Waals surface area (Å²) in [5, 5.41) is 11.5. The average molecular weight is 448 g/mol. The van der Waals surface area contributed by atoms with E-state index < -0.39 is 17.7 Å². The SMILES string of the molecule is CC(C)Oc1cccc(C2/C(=C(/O)c3cccc(Cl)c3)C(=O)C(=O)N2c2ccccc2)c1. The van der Waals surface area contributed by atoms with Gasteiger partial charge in [0.05, 0.1) is 17.7 Å². The first-order valence-electron chi connectivity index (χ1n) is 10.3. The smallest absolute Gasteiger partial charge is 0.300 e. The number of hydrogen-bond acceptors (Lipinski definition) is 4. The van der Waals surface area contributed by atoms with E-state index in [1.807, 2.05) is 32.0 Å². The number of ether oxygens (including phenoxy) is 1. The molecule has 0 bridgehead atoms. The van der Waals surface area contributed by atoms with Crippen LogP contribution in [0.3, 0.4) is 0 Å². The zero-order valence-electron chi connectivity index (χ0n) is 17.7. The zero-order chi connectivity index (χ0) is 22.8. The van der Waals surface area contributed by atoms with E-state index in [2.05, 4.69) is 0 Å². The van der Waals surface area contributed by atoms with Crippen LogP contribution in [-0.2, 0) is 9.59 Å². The normalized spacial score (nSPS) is 17.8. The number of halogens is 1. The number of aliphatic hydroxyl groups excluding tert-OH is 1. The number of carbonyl (C=O) groups excluding carboxylic acids is 2. The summed E-state index contributed by atoms with van der Waals surface area (Å²) in [5.74, 6) is -1.13. The number of ketones is 1. The fourth-order valence-electron chi connectivity index (χ4n) is 3.82. The molecule has 5 nitrogen and oxygen atoms in total. The van der Waals surface area contributed by atoms with Crippen LogP contribution in [0, 0.1) is 0 Å². The van der Waals surface area contributed by atoms with Crippen LogP contribution in [0.25, 0.3) is 5.76 Å². The van der Waals surface area contributed by atoms with E-state index in [4.69, 9.17) is 16.3 Å². The Balaban J connectivity index is 1.93. The van der Waals surface area contributed by atoms with E-state index >= 15 is 0 Å². The summed E-state index contributed by atoms with van der Waals surface area (Å²) in [5.41, 5.74) is 1.57. The molecule has 1 aliphatic rings. The largest absolute Gasteiger partial charge is 0.507 e. The molecule has 0 radical (unpaired) electrons. The number of para-hydroxylation sites is 1. The van der Waals surface area contributed by atoms with Gasteiger partial charge >= 0.3 is 0 Å². The molecule has 1 N–H and O–H groups in total. The lowest BCUT2D eigenvalue weighted by Crippen LogP contribution is -2.29. The maximum Gasteiger partial charge on any atom is 0.300 e. The third-order valence-corrected chi connectivity index (χ3v) is 5.36. The summed E-state index contributed by atoms with van der Waals surface area (Å²) in [7, 11) is 0. The summed E-state index contributed by atoms with van der Waals surface area (Å²) in [6.45, 7) is 3.84. The lowest BCUT2D eigenvalue weighted by Gasteiger charge is -2.26. The minimum Gasteiger partial charge on any atom is -0.507 e. The van der Waals surface area contributed by atoms with E-state index in [0.29, 0.717) is 27.6 Å². The number of hydrogen-bond donors (Lipinski definition) is 1. The van der Waals surface area contributed by atoms with Gasteiger partial charge in [-0.05, 0) is 55.8 Å². The molecule has 32 heavy (non-hydrogen) atoms. The van der Waals surface area contributed by atoms with Gasteiger partial charge in [0.25, 0.3) is 11.7 Å². The van der Waals surface area contributed by atoms with Crippen LogP contribution in [-0.4, -0.2) is 22.9 Å². The molecule has 0 saturated carbocycles. The monoisotopic (exact) mass is 447 g/mol. The predicted octanol–water partition coefficient (Wildman–Crippen LogP) is 5.75. The molecule has 1 unspecified atom stereocenters. The highest BCUT2D eigenvalue weighted by Crippen LogP contribution is 2.42. The van der Waals surface area contributed by atoms with Crippen LogP contribution in [0.15, 0.2) is 84.4 Å². The van der Waals surface area contributed by atoms with Gasteiger partial charge in [0, 0.05) is 16.3 Å². The van der Waals surface area contributed by atoms with E-state index in [9.17, 15) is 14.7 Å². The third kappa shape index (κ3) is 4.12. The van der Waals surface area contributed by atoms with Gasteiger partial charge in [-0.25, -0.2) is 0 Å². The Kier molecular flexibility index (Phi) is 6.01. The molecule has 1 aliphatic heterocycles. The minimum absolute atomic E-state index is 0.00261. The quantitative estimate of drug-likeness (QED) is 0.307. The van der Waals surface area contributed by atoms with Crippen molar-refractivity contribution in [1.82, 2.24) is 0 Å². The van der Waals surface area contributed by atoms with E-state index in [0.717, 1.165) is 0 Å². The maximum atomic E-state index is 13.2. The molecule has 1 fully saturated rings. The van der Waals surface area contributed by atoms with Crippen molar-refractivity contribution in [1.29, 1.82) is 0 Å². The first-order valence-corrected chi connectivity index (χ1v) is 10.6. The maximum absolute atomic E-state index is 13.2. The lowest BCUT2D eigenvalue weighted by molar-refractivity contribution is -0.132. The molecule has 0 aliphatic carbocycles. The van der Waals surface area contributed by atoms with Gasteiger partial charge in [-0.15, -0.1) is 0 Å². The van der Waals surface area contributed by atoms with E-state index in [1.54, 1.807) is 60.7 Å². The Morgan fingerprint density at radius 3 is 2.38 bits per heavy atom. The Bertz CT molecular complexity index is 1200. The zero-order valence-corrected chi connectivity index (χ0v) is 18.4. The average Bonchev–Trinajstić information content (AvgIpc) is 3.04. The molecule has 1 saturated heterocycles. The van der Waals surface area contributed by atoms with Crippen LogP contribution in [0.5, 0.6) is 5.75 Å². The number of aliphatic hydroxyl groups is 1. The Labute approximate surface area is 191 Å². The van der Waals surface area contributed by atoms with Gasteiger partial charge < -0.3 is 9.84 Å². The summed E-state index contributed by atoms with van der Waals surface area (Å²) >= 11 is 6.10. The van der Waals surface area contributed by atoms with Crippen molar-refractivity contribution < 1.29 is 19.4 Å². The molecular weight excluding hydrogens is 426 g/mol. The number of benzene rings is 3. The van der Waals surface area contributed by atoms with Crippen LogP contribution < -0.4 is 9.64 Å². The van der Waals surface area contributed by atoms with E-state index in [-0.39, 0.29) is 17.4 Å². The molecule has 4 rings (SSSR count). The van der Waals surface area contributed by atoms with Gasteiger partial charge in [0.2, 0.25) is 0 Å². The molecule has 3 aromatic rings. The molecule has 3 aromatic carbocycles. The van der Waals surface area contributed by atoms with Gasteiger partial charge in [-0.2, -0.15) is 0 Å². The topological polar surface area (TPSA) is 66.8 Å². The molecular formula is C26H22ClNO4. The Hall–Kier alpha value is -3.57. The molecule has 1 amide bonds. The van der Waals surface area contributed by atoms with Crippen LogP contribution >= 0.6 is 11.6 Å². The van der Waals surface area contributed by atoms with Crippen molar-refractivity contribution in [3.05, 3.63) is 101 Å². The summed E-state index contributed by atoms with van der Waals surface area (Å²) in [6.07, 6.45) is -0.0443. The van der Waals surface area contributed by atoms with Crippen molar-refractivity contribution >= 4 is 34.7 Å². The fraction of sp³-hybridized carbons (Fsp3) is 0.154. The fourth-order valence-corrected chi connectivity index (χ4v) is 4.01. The lowest BCUT2D eigenvalue weighted by atomic mass is 9.95. The van der Waals surface area contributed by atoms with Gasteiger partial charge in [0.1, 0.15) is 11.5 Å².